The Morgan fingerprint density at radius 2 is 1.57 bits per heavy atom. The average molecular weight is 593 g/mol. The second-order valence-electron chi connectivity index (χ2n) is 13.4. The number of benzene rings is 2. The van der Waals surface area contributed by atoms with Crippen LogP contribution in [0.25, 0.3) is 17.0 Å². The molecule has 2 aromatic carbocycles. The highest BCUT2D eigenvalue weighted by Crippen LogP contribution is 2.60. The molecular formula is C35H36N4O5. The summed E-state index contributed by atoms with van der Waals surface area (Å²) in [6, 6.07) is 14.7. The van der Waals surface area contributed by atoms with E-state index in [-0.39, 0.29) is 23.4 Å². The van der Waals surface area contributed by atoms with Gasteiger partial charge in [0.2, 0.25) is 5.91 Å². The van der Waals surface area contributed by atoms with Crippen LogP contribution < -0.4 is 10.2 Å². The van der Waals surface area contributed by atoms with E-state index in [4.69, 9.17) is 4.74 Å². The molecule has 2 saturated heterocycles. The minimum atomic E-state index is -0.752. The predicted molar refractivity (Wildman–Crippen MR) is 165 cm³/mol. The Balaban J connectivity index is 1.08. The molecule has 0 spiro atoms. The number of ether oxygens (including phenoxy) is 1. The van der Waals surface area contributed by atoms with Gasteiger partial charge in [-0.1, -0.05) is 30.3 Å². The molecule has 0 atom stereocenters. The molecule has 9 rings (SSSR count). The Hall–Kier alpha value is -4.24. The number of anilines is 1. The number of carbonyl (C=O) groups is 4. The quantitative estimate of drug-likeness (QED) is 0.344. The third-order valence-electron chi connectivity index (χ3n) is 10.7. The highest BCUT2D eigenvalue weighted by atomic mass is 16.5. The zero-order valence-electron chi connectivity index (χ0n) is 24.7. The summed E-state index contributed by atoms with van der Waals surface area (Å²) in [4.78, 5) is 55.7. The average Bonchev–Trinajstić information content (AvgIpc) is 3.36. The van der Waals surface area contributed by atoms with Crippen LogP contribution in [0.3, 0.4) is 0 Å². The number of imide groups is 2. The molecule has 3 heterocycles. The van der Waals surface area contributed by atoms with Crippen LogP contribution in [0.4, 0.5) is 10.5 Å². The number of amides is 5. The van der Waals surface area contributed by atoms with Crippen LogP contribution in [-0.4, -0.2) is 59.5 Å². The summed E-state index contributed by atoms with van der Waals surface area (Å²) in [7, 11) is 0. The van der Waals surface area contributed by atoms with E-state index in [1.807, 2.05) is 41.0 Å². The van der Waals surface area contributed by atoms with Crippen molar-refractivity contribution in [3.05, 3.63) is 71.4 Å². The lowest BCUT2D eigenvalue weighted by atomic mass is 9.48. The van der Waals surface area contributed by atoms with Crippen molar-refractivity contribution in [3.63, 3.8) is 0 Å². The monoisotopic (exact) mass is 592 g/mol. The Labute approximate surface area is 255 Å². The first-order valence-corrected chi connectivity index (χ1v) is 15.8. The maximum Gasteiger partial charge on any atom is 0.335 e. The van der Waals surface area contributed by atoms with E-state index < -0.39 is 17.8 Å². The molecular weight excluding hydrogens is 556 g/mol. The van der Waals surface area contributed by atoms with Crippen molar-refractivity contribution in [2.75, 3.05) is 31.2 Å². The van der Waals surface area contributed by atoms with Crippen molar-refractivity contribution in [3.8, 4) is 0 Å². The molecule has 226 valence electrons. The number of nitrogens with zero attached hydrogens (tertiary/aromatic N) is 3. The zero-order valence-corrected chi connectivity index (χ0v) is 24.7. The zero-order chi connectivity index (χ0) is 30.0. The summed E-state index contributed by atoms with van der Waals surface area (Å²) >= 11 is 0. The van der Waals surface area contributed by atoms with Crippen LogP contribution in [-0.2, 0) is 31.1 Å². The normalized spacial score (nSPS) is 29.1. The molecule has 4 aliphatic carbocycles. The summed E-state index contributed by atoms with van der Waals surface area (Å²) in [6.45, 7) is 2.28. The fourth-order valence-electron chi connectivity index (χ4n) is 9.06. The van der Waals surface area contributed by atoms with Gasteiger partial charge in [-0.05, 0) is 91.5 Å². The van der Waals surface area contributed by atoms with Crippen LogP contribution in [0, 0.1) is 17.8 Å². The minimum absolute atomic E-state index is 0.0199. The molecule has 6 fully saturated rings. The first-order chi connectivity index (χ1) is 21.4. The van der Waals surface area contributed by atoms with Gasteiger partial charge < -0.3 is 14.2 Å². The topological polar surface area (TPSA) is 101 Å². The van der Waals surface area contributed by atoms with E-state index in [1.165, 1.54) is 50.2 Å². The second-order valence-corrected chi connectivity index (χ2v) is 13.4. The number of para-hydroxylation sites is 1. The number of nitrogens with one attached hydrogen (secondary N) is 1. The third kappa shape index (κ3) is 4.56. The molecule has 2 aliphatic heterocycles. The van der Waals surface area contributed by atoms with Gasteiger partial charge in [-0.25, -0.2) is 9.69 Å². The van der Waals surface area contributed by atoms with Crippen LogP contribution >= 0.6 is 0 Å². The fraction of sp³-hybridized carbons (Fsp3) is 0.429. The molecule has 9 heteroatoms. The molecule has 0 radical (unpaired) electrons. The largest absolute Gasteiger partial charge is 0.378 e. The second kappa shape index (κ2) is 10.4. The van der Waals surface area contributed by atoms with Crippen LogP contribution in [0.1, 0.15) is 49.7 Å². The van der Waals surface area contributed by atoms with E-state index in [0.29, 0.717) is 37.6 Å². The number of aromatic nitrogens is 1. The molecule has 6 aliphatic rings. The van der Waals surface area contributed by atoms with Crippen LogP contribution in [0.15, 0.2) is 60.3 Å². The molecule has 0 unspecified atom stereocenters. The van der Waals surface area contributed by atoms with Gasteiger partial charge in [0, 0.05) is 35.8 Å². The van der Waals surface area contributed by atoms with Gasteiger partial charge in [0.1, 0.15) is 12.1 Å². The predicted octanol–water partition coefficient (Wildman–Crippen LogP) is 4.63. The summed E-state index contributed by atoms with van der Waals surface area (Å²) in [5.41, 5.74) is 3.27. The van der Waals surface area contributed by atoms with Gasteiger partial charge in [-0.15, -0.1) is 0 Å². The van der Waals surface area contributed by atoms with E-state index >= 15 is 0 Å². The summed E-state index contributed by atoms with van der Waals surface area (Å²) < 4.78 is 7.22. The smallest absolute Gasteiger partial charge is 0.335 e. The van der Waals surface area contributed by atoms with Crippen molar-refractivity contribution < 1.29 is 23.9 Å². The lowest BCUT2D eigenvalue weighted by molar-refractivity contribution is -0.135. The van der Waals surface area contributed by atoms with Crippen molar-refractivity contribution >= 4 is 46.4 Å². The maximum atomic E-state index is 13.8. The Morgan fingerprint density at radius 3 is 2.25 bits per heavy atom. The Morgan fingerprint density at radius 1 is 0.909 bits per heavy atom. The summed E-state index contributed by atoms with van der Waals surface area (Å²) in [5, 5.41) is 3.17. The molecule has 4 saturated carbocycles. The molecule has 1 N–H and O–H groups in total. The Bertz CT molecular complexity index is 1680. The molecule has 9 nitrogen and oxygen atoms in total. The summed E-state index contributed by atoms with van der Waals surface area (Å²) in [5.74, 6) is 1.03. The van der Waals surface area contributed by atoms with E-state index in [1.54, 1.807) is 11.1 Å². The molecule has 5 amide bonds. The number of morpholine rings is 1. The molecule has 44 heavy (non-hydrogen) atoms. The minimum Gasteiger partial charge on any atom is -0.378 e. The van der Waals surface area contributed by atoms with Gasteiger partial charge in [0.25, 0.3) is 11.8 Å². The van der Waals surface area contributed by atoms with Gasteiger partial charge in [-0.2, -0.15) is 0 Å². The van der Waals surface area contributed by atoms with Gasteiger partial charge in [0.15, 0.2) is 0 Å². The van der Waals surface area contributed by atoms with E-state index in [2.05, 4.69) is 17.4 Å². The van der Waals surface area contributed by atoms with Crippen LogP contribution in [0.5, 0.6) is 0 Å². The van der Waals surface area contributed by atoms with E-state index in [0.717, 1.165) is 33.6 Å². The molecule has 4 bridgehead atoms. The summed E-state index contributed by atoms with van der Waals surface area (Å²) in [6.07, 6.45) is 11.1. The standard InChI is InChI=1S/C35H36N4O5/c40-31(37-9-11-44-12-10-37)21-38-20-25(28-3-1-2-4-30(28)38)16-29-32(41)36-34(43)39(33(29)42)27-7-5-26(6-8-27)35-17-22-13-23(18-35)15-24(14-22)19-35/h1-8,16,20,22-24H,9-15,17-19,21H2,(H,36,41,43)/b29-16-. The Kier molecular flexibility index (Phi) is 6.48. The van der Waals surface area contributed by atoms with Gasteiger partial charge in [0.05, 0.1) is 18.9 Å². The highest BCUT2D eigenvalue weighted by molar-refractivity contribution is 6.39. The van der Waals surface area contributed by atoms with Crippen LogP contribution in [0.2, 0.25) is 0 Å². The first-order valence-electron chi connectivity index (χ1n) is 15.8. The van der Waals surface area contributed by atoms with Crippen molar-refractivity contribution in [1.82, 2.24) is 14.8 Å². The first kappa shape index (κ1) is 27.3. The number of urea groups is 1. The highest BCUT2D eigenvalue weighted by Gasteiger charge is 2.51. The van der Waals surface area contributed by atoms with Crippen molar-refractivity contribution in [2.24, 2.45) is 17.8 Å². The number of rotatable bonds is 5. The van der Waals surface area contributed by atoms with Crippen molar-refractivity contribution in [2.45, 2.75) is 50.5 Å². The third-order valence-corrected chi connectivity index (χ3v) is 10.7. The number of carbonyl (C=O) groups excluding carboxylic acids is 4. The lowest BCUT2D eigenvalue weighted by Crippen LogP contribution is -2.54. The maximum absolute atomic E-state index is 13.8. The number of hydrogen-bond donors (Lipinski definition) is 1. The van der Waals surface area contributed by atoms with Crippen molar-refractivity contribution in [1.29, 1.82) is 0 Å². The number of hydrogen-bond acceptors (Lipinski definition) is 5. The van der Waals surface area contributed by atoms with Gasteiger partial charge in [-0.3, -0.25) is 19.7 Å². The molecule has 3 aromatic rings. The fourth-order valence-corrected chi connectivity index (χ4v) is 9.06. The number of fused-ring (bicyclic) bond motifs is 1. The van der Waals surface area contributed by atoms with Gasteiger partial charge >= 0.3 is 6.03 Å². The number of barbiturate groups is 1. The molecule has 1 aromatic heterocycles. The van der Waals surface area contributed by atoms with E-state index in [9.17, 15) is 19.2 Å². The lowest BCUT2D eigenvalue weighted by Gasteiger charge is -2.57. The SMILES string of the molecule is O=C1NC(=O)N(c2ccc(C34CC5CC(CC(C5)C3)C4)cc2)C(=O)/C1=C\c1cn(CC(=O)N2CCOCC2)c2ccccc12.